The molecule has 1 aromatic carbocycles. The van der Waals surface area contributed by atoms with Crippen molar-refractivity contribution >= 4 is 21.6 Å². The van der Waals surface area contributed by atoms with E-state index in [-0.39, 0.29) is 0 Å². The van der Waals surface area contributed by atoms with Gasteiger partial charge in [0.05, 0.1) is 6.10 Å². The fraction of sp³-hybridized carbons (Fsp3) is 0.500. The highest BCUT2D eigenvalue weighted by molar-refractivity contribution is 9.10. The number of nitrogens with two attached hydrogens (primary N) is 1. The molecule has 2 N–H and O–H groups in total. The zero-order valence-corrected chi connectivity index (χ0v) is 13.3. The molecule has 0 aliphatic carbocycles. The molecule has 1 fully saturated rings. The molecular formula is C14H18BrN5O. The van der Waals surface area contributed by atoms with E-state index in [1.807, 2.05) is 22.9 Å². The van der Waals surface area contributed by atoms with Gasteiger partial charge in [0, 0.05) is 28.9 Å². The summed E-state index contributed by atoms with van der Waals surface area (Å²) in [7, 11) is 0. The van der Waals surface area contributed by atoms with Gasteiger partial charge in [0.1, 0.15) is 0 Å². The van der Waals surface area contributed by atoms with Crippen LogP contribution in [-0.2, 0) is 11.3 Å². The molecule has 2 heterocycles. The van der Waals surface area contributed by atoms with Gasteiger partial charge in [-0.2, -0.15) is 0 Å². The third kappa shape index (κ3) is 3.59. The minimum Gasteiger partial charge on any atom is -0.399 e. The quantitative estimate of drug-likeness (QED) is 0.856. The lowest BCUT2D eigenvalue weighted by Crippen LogP contribution is -2.21. The average molecular weight is 352 g/mol. The molecule has 0 amide bonds. The van der Waals surface area contributed by atoms with Gasteiger partial charge in [-0.3, -0.25) is 0 Å². The van der Waals surface area contributed by atoms with Gasteiger partial charge in [-0.1, -0.05) is 15.9 Å². The first-order valence-electron chi connectivity index (χ1n) is 7.16. The predicted octanol–water partition coefficient (Wildman–Crippen LogP) is 2.64. The Kier molecular flexibility index (Phi) is 4.50. The van der Waals surface area contributed by atoms with Crippen molar-refractivity contribution in [2.24, 2.45) is 0 Å². The Hall–Kier alpha value is -1.47. The molecule has 0 spiro atoms. The molecule has 1 aliphatic heterocycles. The molecule has 1 aliphatic rings. The van der Waals surface area contributed by atoms with Gasteiger partial charge in [-0.25, -0.2) is 4.68 Å². The van der Waals surface area contributed by atoms with Gasteiger partial charge < -0.3 is 10.5 Å². The number of tetrazole rings is 1. The third-order valence-corrected chi connectivity index (χ3v) is 4.10. The molecule has 7 heteroatoms. The molecule has 0 bridgehead atoms. The van der Waals surface area contributed by atoms with Gasteiger partial charge >= 0.3 is 0 Å². The second kappa shape index (κ2) is 6.53. The number of hydrogen-bond donors (Lipinski definition) is 1. The molecule has 1 atom stereocenters. The van der Waals surface area contributed by atoms with Crippen LogP contribution in [0.3, 0.4) is 0 Å². The maximum Gasteiger partial charge on any atom is 0.182 e. The van der Waals surface area contributed by atoms with E-state index in [1.165, 1.54) is 12.8 Å². The minimum atomic E-state index is 0.323. The predicted molar refractivity (Wildman–Crippen MR) is 83.6 cm³/mol. The molecular weight excluding hydrogens is 334 g/mol. The van der Waals surface area contributed by atoms with Crippen molar-refractivity contribution in [2.45, 2.75) is 38.3 Å². The number of aromatic nitrogens is 4. The van der Waals surface area contributed by atoms with E-state index in [1.54, 1.807) is 0 Å². The lowest BCUT2D eigenvalue weighted by molar-refractivity contribution is 0.00828. The number of rotatable bonds is 4. The van der Waals surface area contributed by atoms with Gasteiger partial charge in [-0.05, 0) is 54.3 Å². The van der Waals surface area contributed by atoms with Crippen LogP contribution in [-0.4, -0.2) is 32.9 Å². The van der Waals surface area contributed by atoms with Crippen molar-refractivity contribution in [1.82, 2.24) is 20.2 Å². The Bertz CT molecular complexity index is 589. The normalized spacial score (nSPS) is 18.8. The van der Waals surface area contributed by atoms with E-state index in [0.717, 1.165) is 41.9 Å². The van der Waals surface area contributed by atoms with E-state index in [9.17, 15) is 0 Å². The zero-order valence-electron chi connectivity index (χ0n) is 11.7. The molecule has 2 aromatic rings. The summed E-state index contributed by atoms with van der Waals surface area (Å²) in [5.74, 6) is 0.735. The van der Waals surface area contributed by atoms with Gasteiger partial charge in [0.25, 0.3) is 0 Å². The highest BCUT2D eigenvalue weighted by Gasteiger charge is 2.16. The van der Waals surface area contributed by atoms with E-state index in [4.69, 9.17) is 10.5 Å². The molecule has 1 unspecified atom stereocenters. The first-order valence-corrected chi connectivity index (χ1v) is 7.96. The Morgan fingerprint density at radius 3 is 3.00 bits per heavy atom. The Morgan fingerprint density at radius 1 is 1.33 bits per heavy atom. The monoisotopic (exact) mass is 351 g/mol. The highest BCUT2D eigenvalue weighted by atomic mass is 79.9. The van der Waals surface area contributed by atoms with Gasteiger partial charge in [0.15, 0.2) is 5.82 Å². The van der Waals surface area contributed by atoms with Crippen LogP contribution >= 0.6 is 15.9 Å². The van der Waals surface area contributed by atoms with Crippen molar-refractivity contribution in [1.29, 1.82) is 0 Å². The number of aryl methyl sites for hydroxylation is 1. The molecule has 112 valence electrons. The van der Waals surface area contributed by atoms with Crippen LogP contribution in [0.15, 0.2) is 22.7 Å². The van der Waals surface area contributed by atoms with Gasteiger partial charge in [0.2, 0.25) is 0 Å². The van der Waals surface area contributed by atoms with Crippen molar-refractivity contribution in [3.8, 4) is 11.4 Å². The van der Waals surface area contributed by atoms with E-state index in [2.05, 4.69) is 31.5 Å². The van der Waals surface area contributed by atoms with Crippen LogP contribution in [0.25, 0.3) is 11.4 Å². The van der Waals surface area contributed by atoms with Crippen LogP contribution in [0.4, 0.5) is 5.69 Å². The van der Waals surface area contributed by atoms with E-state index >= 15 is 0 Å². The lowest BCUT2D eigenvalue weighted by atomic mass is 10.1. The summed E-state index contributed by atoms with van der Waals surface area (Å²) in [5, 5.41) is 12.0. The number of ether oxygens (including phenoxy) is 1. The van der Waals surface area contributed by atoms with Crippen molar-refractivity contribution < 1.29 is 4.74 Å². The third-order valence-electron chi connectivity index (χ3n) is 3.65. The van der Waals surface area contributed by atoms with E-state index in [0.29, 0.717) is 11.8 Å². The number of nitrogen functional groups attached to an aromatic ring is 1. The van der Waals surface area contributed by atoms with Crippen LogP contribution in [0.1, 0.15) is 25.7 Å². The molecule has 0 saturated carbocycles. The Morgan fingerprint density at radius 2 is 2.24 bits per heavy atom. The molecule has 6 nitrogen and oxygen atoms in total. The Labute approximate surface area is 131 Å². The van der Waals surface area contributed by atoms with Crippen molar-refractivity contribution in [3.05, 3.63) is 22.7 Å². The summed E-state index contributed by atoms with van der Waals surface area (Å²) in [4.78, 5) is 0. The number of hydrogen-bond acceptors (Lipinski definition) is 5. The SMILES string of the molecule is Nc1cc(Br)cc(-c2nnnn2CCC2CCCCO2)c1. The summed E-state index contributed by atoms with van der Waals surface area (Å²) < 4.78 is 8.49. The smallest absolute Gasteiger partial charge is 0.182 e. The first-order chi connectivity index (χ1) is 10.2. The fourth-order valence-corrected chi connectivity index (χ4v) is 3.12. The second-order valence-electron chi connectivity index (χ2n) is 5.28. The van der Waals surface area contributed by atoms with Crippen LogP contribution in [0, 0.1) is 0 Å². The molecule has 1 saturated heterocycles. The second-order valence-corrected chi connectivity index (χ2v) is 6.19. The highest BCUT2D eigenvalue weighted by Crippen LogP contribution is 2.25. The number of anilines is 1. The average Bonchev–Trinajstić information content (AvgIpc) is 2.93. The zero-order chi connectivity index (χ0) is 14.7. The van der Waals surface area contributed by atoms with Gasteiger partial charge in [-0.15, -0.1) is 5.10 Å². The molecule has 1 aromatic heterocycles. The summed E-state index contributed by atoms with van der Waals surface area (Å²) in [6, 6.07) is 5.70. The molecule has 0 radical (unpaired) electrons. The molecule has 3 rings (SSSR count). The first kappa shape index (κ1) is 14.5. The van der Waals surface area contributed by atoms with Crippen molar-refractivity contribution in [3.63, 3.8) is 0 Å². The summed E-state index contributed by atoms with van der Waals surface area (Å²) >= 11 is 3.45. The number of benzene rings is 1. The minimum absolute atomic E-state index is 0.323. The lowest BCUT2D eigenvalue weighted by Gasteiger charge is -2.22. The molecule has 21 heavy (non-hydrogen) atoms. The summed E-state index contributed by atoms with van der Waals surface area (Å²) in [5.41, 5.74) is 7.48. The maximum atomic E-state index is 5.88. The topological polar surface area (TPSA) is 78.9 Å². The maximum absolute atomic E-state index is 5.88. The van der Waals surface area contributed by atoms with Crippen molar-refractivity contribution in [2.75, 3.05) is 12.3 Å². The van der Waals surface area contributed by atoms with Crippen LogP contribution in [0.5, 0.6) is 0 Å². The van der Waals surface area contributed by atoms with Crippen LogP contribution < -0.4 is 5.73 Å². The number of nitrogens with zero attached hydrogens (tertiary/aromatic N) is 4. The summed E-state index contributed by atoms with van der Waals surface area (Å²) in [6.45, 7) is 1.62. The van der Waals surface area contributed by atoms with Crippen LogP contribution in [0.2, 0.25) is 0 Å². The largest absolute Gasteiger partial charge is 0.399 e. The van der Waals surface area contributed by atoms with E-state index < -0.39 is 0 Å². The fourth-order valence-electron chi connectivity index (χ4n) is 2.60. The Balaban J connectivity index is 1.74. The standard InChI is InChI=1S/C14H18BrN5O/c15-11-7-10(8-12(16)9-11)14-17-18-19-20(14)5-4-13-3-1-2-6-21-13/h7-9,13H,1-6,16H2. The summed E-state index contributed by atoms with van der Waals surface area (Å²) in [6.07, 6.45) is 4.80. The number of halogens is 1.